The highest BCUT2D eigenvalue weighted by Crippen LogP contribution is 2.31. The predicted molar refractivity (Wildman–Crippen MR) is 57.9 cm³/mol. The highest BCUT2D eigenvalue weighted by Gasteiger charge is 2.15. The Hall–Kier alpha value is -0.700. The van der Waals surface area contributed by atoms with E-state index in [1.54, 1.807) is 6.20 Å². The van der Waals surface area contributed by atoms with Gasteiger partial charge in [-0.1, -0.05) is 0 Å². The summed E-state index contributed by atoms with van der Waals surface area (Å²) < 4.78 is 0. The molecule has 70 valence electrons. The molecule has 0 bridgehead atoms. The Labute approximate surface area is 82.9 Å². The van der Waals surface area contributed by atoms with E-state index >= 15 is 0 Å². The predicted octanol–water partition coefficient (Wildman–Crippen LogP) is 2.27. The van der Waals surface area contributed by atoms with Crippen LogP contribution in [0.25, 0.3) is 0 Å². The summed E-state index contributed by atoms with van der Waals surface area (Å²) in [7, 11) is 0. The summed E-state index contributed by atoms with van der Waals surface area (Å²) in [5.74, 6) is 3.25. The Morgan fingerprint density at radius 2 is 2.08 bits per heavy atom. The van der Waals surface area contributed by atoms with Crippen LogP contribution in [0.15, 0.2) is 18.5 Å². The summed E-state index contributed by atoms with van der Waals surface area (Å²) in [4.78, 5) is 4.13. The van der Waals surface area contributed by atoms with E-state index in [9.17, 15) is 0 Å². The molecule has 13 heavy (non-hydrogen) atoms. The summed E-state index contributed by atoms with van der Waals surface area (Å²) in [5, 5.41) is 0. The van der Waals surface area contributed by atoms with Crippen molar-refractivity contribution in [2.24, 2.45) is 0 Å². The molecule has 1 aromatic rings. The van der Waals surface area contributed by atoms with Crippen molar-refractivity contribution >= 4 is 17.4 Å². The minimum Gasteiger partial charge on any atom is -0.397 e. The molecule has 0 spiro atoms. The molecule has 2 N–H and O–H groups in total. The quantitative estimate of drug-likeness (QED) is 0.745. The summed E-state index contributed by atoms with van der Waals surface area (Å²) >= 11 is 2.05. The number of hydrogen-bond donors (Lipinski definition) is 1. The van der Waals surface area contributed by atoms with Gasteiger partial charge < -0.3 is 5.73 Å². The van der Waals surface area contributed by atoms with E-state index in [2.05, 4.69) is 11.1 Å². The minimum absolute atomic E-state index is 0.692. The average Bonchev–Trinajstić information content (AvgIpc) is 2.19. The molecular weight excluding hydrogens is 180 g/mol. The highest BCUT2D eigenvalue weighted by atomic mass is 32.2. The number of pyridine rings is 1. The molecule has 1 aliphatic heterocycles. The molecule has 2 heterocycles. The van der Waals surface area contributed by atoms with Gasteiger partial charge in [0.25, 0.3) is 0 Å². The number of thioether (sulfide) groups is 1. The first kappa shape index (κ1) is 8.88. The van der Waals surface area contributed by atoms with Crippen LogP contribution >= 0.6 is 11.8 Å². The van der Waals surface area contributed by atoms with Gasteiger partial charge in [0.15, 0.2) is 0 Å². The zero-order chi connectivity index (χ0) is 9.10. The van der Waals surface area contributed by atoms with Crippen molar-refractivity contribution in [2.75, 3.05) is 17.2 Å². The molecule has 0 saturated carbocycles. The number of nitrogen functional groups attached to an aromatic ring is 1. The summed E-state index contributed by atoms with van der Waals surface area (Å²) in [6, 6.07) is 2.06. The van der Waals surface area contributed by atoms with Gasteiger partial charge in [0.2, 0.25) is 0 Å². The second kappa shape index (κ2) is 4.01. The molecular formula is C10H14N2S. The number of nitrogens with zero attached hydrogens (tertiary/aromatic N) is 1. The lowest BCUT2D eigenvalue weighted by atomic mass is 9.95. The molecule has 1 fully saturated rings. The van der Waals surface area contributed by atoms with Crippen LogP contribution in [0.3, 0.4) is 0 Å². The van der Waals surface area contributed by atoms with Crippen LogP contribution in [0.1, 0.15) is 24.3 Å². The number of anilines is 1. The molecule has 0 unspecified atom stereocenters. The van der Waals surface area contributed by atoms with E-state index in [1.165, 1.54) is 29.9 Å². The van der Waals surface area contributed by atoms with Gasteiger partial charge in [-0.15, -0.1) is 0 Å². The number of aromatic nitrogens is 1. The maximum Gasteiger partial charge on any atom is 0.0503 e. The van der Waals surface area contributed by atoms with Crippen molar-refractivity contribution in [3.63, 3.8) is 0 Å². The topological polar surface area (TPSA) is 38.9 Å². The fourth-order valence-electron chi connectivity index (χ4n) is 1.73. The first-order valence-electron chi connectivity index (χ1n) is 4.64. The van der Waals surface area contributed by atoms with Crippen LogP contribution in [0.2, 0.25) is 0 Å². The molecule has 1 aliphatic rings. The zero-order valence-corrected chi connectivity index (χ0v) is 8.39. The Kier molecular flexibility index (Phi) is 2.74. The van der Waals surface area contributed by atoms with Crippen LogP contribution in [-0.2, 0) is 0 Å². The zero-order valence-electron chi connectivity index (χ0n) is 7.57. The van der Waals surface area contributed by atoms with Crippen LogP contribution in [-0.4, -0.2) is 16.5 Å². The second-order valence-corrected chi connectivity index (χ2v) is 4.66. The molecule has 2 rings (SSSR count). The molecule has 1 aromatic heterocycles. The van der Waals surface area contributed by atoms with Crippen LogP contribution in [0, 0.1) is 0 Å². The molecule has 0 amide bonds. The van der Waals surface area contributed by atoms with E-state index in [1.807, 2.05) is 18.0 Å². The van der Waals surface area contributed by atoms with Crippen molar-refractivity contribution in [1.82, 2.24) is 4.98 Å². The lowest BCUT2D eigenvalue weighted by molar-refractivity contribution is 0.635. The third-order valence-corrected chi connectivity index (χ3v) is 3.52. The van der Waals surface area contributed by atoms with E-state index in [0.29, 0.717) is 5.92 Å². The van der Waals surface area contributed by atoms with Crippen LogP contribution < -0.4 is 5.73 Å². The molecule has 2 nitrogen and oxygen atoms in total. The largest absolute Gasteiger partial charge is 0.397 e. The van der Waals surface area contributed by atoms with Gasteiger partial charge in [-0.25, -0.2) is 0 Å². The lowest BCUT2D eigenvalue weighted by Gasteiger charge is -2.21. The monoisotopic (exact) mass is 194 g/mol. The van der Waals surface area contributed by atoms with Crippen LogP contribution in [0.4, 0.5) is 5.69 Å². The maximum absolute atomic E-state index is 5.70. The Balaban J connectivity index is 2.14. The van der Waals surface area contributed by atoms with Gasteiger partial charge in [0, 0.05) is 12.4 Å². The average molecular weight is 194 g/mol. The Morgan fingerprint density at radius 1 is 1.31 bits per heavy atom. The molecule has 0 aliphatic carbocycles. The van der Waals surface area contributed by atoms with E-state index in [0.717, 1.165) is 5.69 Å². The molecule has 0 aromatic carbocycles. The highest BCUT2D eigenvalue weighted by molar-refractivity contribution is 7.99. The maximum atomic E-state index is 5.70. The Bertz CT molecular complexity index is 282. The van der Waals surface area contributed by atoms with Crippen molar-refractivity contribution < 1.29 is 0 Å². The smallest absolute Gasteiger partial charge is 0.0503 e. The van der Waals surface area contributed by atoms with E-state index < -0.39 is 0 Å². The molecule has 0 atom stereocenters. The minimum atomic E-state index is 0.692. The number of hydrogen-bond acceptors (Lipinski definition) is 3. The lowest BCUT2D eigenvalue weighted by Crippen LogP contribution is -2.08. The molecule has 1 saturated heterocycles. The normalized spacial score (nSPS) is 18.8. The van der Waals surface area contributed by atoms with Gasteiger partial charge in [0.1, 0.15) is 0 Å². The van der Waals surface area contributed by atoms with Crippen molar-refractivity contribution in [2.45, 2.75) is 18.8 Å². The standard InChI is InChI=1S/C10H14N2S/c11-10-5-9(6-12-7-10)8-1-3-13-4-2-8/h5-8H,1-4,11H2. The second-order valence-electron chi connectivity index (χ2n) is 3.44. The summed E-state index contributed by atoms with van der Waals surface area (Å²) in [6.07, 6.45) is 6.21. The third-order valence-electron chi connectivity index (χ3n) is 2.47. The van der Waals surface area contributed by atoms with E-state index in [4.69, 9.17) is 5.73 Å². The molecule has 3 heteroatoms. The number of nitrogens with two attached hydrogens (primary N) is 1. The van der Waals surface area contributed by atoms with Crippen molar-refractivity contribution in [1.29, 1.82) is 0 Å². The summed E-state index contributed by atoms with van der Waals surface area (Å²) in [5.41, 5.74) is 7.80. The van der Waals surface area contributed by atoms with Crippen LogP contribution in [0.5, 0.6) is 0 Å². The Morgan fingerprint density at radius 3 is 2.77 bits per heavy atom. The fraction of sp³-hybridized carbons (Fsp3) is 0.500. The fourth-order valence-corrected chi connectivity index (χ4v) is 2.84. The van der Waals surface area contributed by atoms with Gasteiger partial charge in [0.05, 0.1) is 5.69 Å². The summed E-state index contributed by atoms with van der Waals surface area (Å²) in [6.45, 7) is 0. The van der Waals surface area contributed by atoms with Crippen molar-refractivity contribution in [3.05, 3.63) is 24.0 Å². The molecule has 0 radical (unpaired) electrons. The first-order chi connectivity index (χ1) is 6.36. The first-order valence-corrected chi connectivity index (χ1v) is 5.80. The van der Waals surface area contributed by atoms with E-state index in [-0.39, 0.29) is 0 Å². The van der Waals surface area contributed by atoms with Gasteiger partial charge in [-0.05, 0) is 41.9 Å². The van der Waals surface area contributed by atoms with Crippen molar-refractivity contribution in [3.8, 4) is 0 Å². The third kappa shape index (κ3) is 2.15. The van der Waals surface area contributed by atoms with Gasteiger partial charge >= 0.3 is 0 Å². The SMILES string of the molecule is Nc1cncc(C2CCSCC2)c1. The van der Waals surface area contributed by atoms with Gasteiger partial charge in [-0.2, -0.15) is 11.8 Å². The van der Waals surface area contributed by atoms with Gasteiger partial charge in [-0.3, -0.25) is 4.98 Å². The number of rotatable bonds is 1.